The summed E-state index contributed by atoms with van der Waals surface area (Å²) in [6.45, 7) is 0.971. The number of phenolic OH excluding ortho intramolecular Hbond substituents is 1. The number of hydrogen-bond acceptors (Lipinski definition) is 3. The first-order valence-electron chi connectivity index (χ1n) is 6.87. The number of sulfonamides is 1. The normalized spacial score (nSPS) is 21.5. The number of nitrogens with zero attached hydrogens (tertiary/aromatic N) is 1. The molecule has 0 spiro atoms. The van der Waals surface area contributed by atoms with E-state index in [1.807, 2.05) is 6.07 Å². The Kier molecular flexibility index (Phi) is 3.27. The van der Waals surface area contributed by atoms with E-state index in [2.05, 4.69) is 0 Å². The van der Waals surface area contributed by atoms with Gasteiger partial charge in [0.15, 0.2) is 0 Å². The molecule has 0 aromatic heterocycles. The number of fused-ring (bicyclic) bond motifs is 1. The molecular weight excluding hydrogens is 262 g/mol. The second-order valence-electron chi connectivity index (χ2n) is 5.49. The lowest BCUT2D eigenvalue weighted by Gasteiger charge is -2.30. The van der Waals surface area contributed by atoms with E-state index in [-0.39, 0.29) is 11.0 Å². The van der Waals surface area contributed by atoms with Gasteiger partial charge in [-0.25, -0.2) is 8.42 Å². The van der Waals surface area contributed by atoms with E-state index in [0.717, 1.165) is 43.2 Å². The van der Waals surface area contributed by atoms with Crippen LogP contribution in [-0.2, 0) is 23.0 Å². The van der Waals surface area contributed by atoms with Crippen molar-refractivity contribution in [3.8, 4) is 5.75 Å². The van der Waals surface area contributed by atoms with Gasteiger partial charge in [-0.15, -0.1) is 0 Å². The van der Waals surface area contributed by atoms with Crippen molar-refractivity contribution in [2.24, 2.45) is 0 Å². The van der Waals surface area contributed by atoms with Crippen LogP contribution in [0.1, 0.15) is 36.8 Å². The van der Waals surface area contributed by atoms with Gasteiger partial charge in [0.2, 0.25) is 10.0 Å². The fourth-order valence-corrected chi connectivity index (χ4v) is 5.15. The minimum Gasteiger partial charge on any atom is -0.508 e. The molecule has 19 heavy (non-hydrogen) atoms. The molecule has 5 heteroatoms. The number of hydrogen-bond donors (Lipinski definition) is 1. The summed E-state index contributed by atoms with van der Waals surface area (Å²) in [4.78, 5) is 0. The van der Waals surface area contributed by atoms with Crippen molar-refractivity contribution < 1.29 is 13.5 Å². The van der Waals surface area contributed by atoms with Crippen molar-refractivity contribution in [1.29, 1.82) is 0 Å². The van der Waals surface area contributed by atoms with E-state index >= 15 is 0 Å². The Balaban J connectivity index is 1.85. The van der Waals surface area contributed by atoms with E-state index in [4.69, 9.17) is 0 Å². The average molecular weight is 281 g/mol. The Bertz CT molecular complexity index is 576. The summed E-state index contributed by atoms with van der Waals surface area (Å²) < 4.78 is 26.7. The molecule has 0 bridgehead atoms. The van der Waals surface area contributed by atoms with Gasteiger partial charge in [-0.05, 0) is 42.5 Å². The maximum atomic E-state index is 12.5. The molecule has 1 heterocycles. The predicted molar refractivity (Wildman–Crippen MR) is 73.4 cm³/mol. The van der Waals surface area contributed by atoms with Gasteiger partial charge < -0.3 is 5.11 Å². The third-order valence-electron chi connectivity index (χ3n) is 4.25. The fourth-order valence-electron chi connectivity index (χ4n) is 3.13. The molecule has 1 aliphatic carbocycles. The van der Waals surface area contributed by atoms with Crippen molar-refractivity contribution in [3.05, 3.63) is 29.3 Å². The van der Waals surface area contributed by atoms with E-state index in [9.17, 15) is 13.5 Å². The van der Waals surface area contributed by atoms with Crippen molar-refractivity contribution in [3.63, 3.8) is 0 Å². The molecule has 0 atom stereocenters. The van der Waals surface area contributed by atoms with Crippen LogP contribution in [0, 0.1) is 0 Å². The van der Waals surface area contributed by atoms with Gasteiger partial charge in [0.1, 0.15) is 5.75 Å². The first-order chi connectivity index (χ1) is 9.07. The third-order valence-corrected chi connectivity index (χ3v) is 6.60. The van der Waals surface area contributed by atoms with Gasteiger partial charge in [0, 0.05) is 13.1 Å². The van der Waals surface area contributed by atoms with Crippen molar-refractivity contribution >= 4 is 10.0 Å². The summed E-state index contributed by atoms with van der Waals surface area (Å²) in [5.74, 6) is 0.207. The number of phenols is 1. The first kappa shape index (κ1) is 12.9. The van der Waals surface area contributed by atoms with Gasteiger partial charge in [-0.1, -0.05) is 18.9 Å². The minimum atomic E-state index is -3.17. The molecule has 104 valence electrons. The maximum Gasteiger partial charge on any atom is 0.217 e. The number of aromatic hydroxyl groups is 1. The summed E-state index contributed by atoms with van der Waals surface area (Å²) in [6, 6.07) is 5.25. The van der Waals surface area contributed by atoms with Crippen molar-refractivity contribution in [2.75, 3.05) is 6.54 Å². The molecule has 1 fully saturated rings. The van der Waals surface area contributed by atoms with Crippen LogP contribution in [0.5, 0.6) is 5.75 Å². The average Bonchev–Trinajstić information content (AvgIpc) is 2.92. The standard InChI is InChI=1S/C14H19NO3S/c16-13-6-5-11-7-8-15(10-12(11)9-13)19(17,18)14-3-1-2-4-14/h5-6,9,14,16H,1-4,7-8,10H2. The molecule has 2 aliphatic rings. The molecule has 1 aliphatic heterocycles. The third kappa shape index (κ3) is 2.37. The second kappa shape index (κ2) is 4.80. The quantitative estimate of drug-likeness (QED) is 0.902. The largest absolute Gasteiger partial charge is 0.508 e. The summed E-state index contributed by atoms with van der Waals surface area (Å²) in [7, 11) is -3.17. The van der Waals surface area contributed by atoms with Gasteiger partial charge in [-0.2, -0.15) is 4.31 Å². The highest BCUT2D eigenvalue weighted by Gasteiger charge is 2.35. The van der Waals surface area contributed by atoms with E-state index < -0.39 is 10.0 Å². The van der Waals surface area contributed by atoms with Crippen LogP contribution in [0.4, 0.5) is 0 Å². The molecule has 3 rings (SSSR count). The zero-order valence-corrected chi connectivity index (χ0v) is 11.7. The van der Waals surface area contributed by atoms with Crippen LogP contribution in [0.2, 0.25) is 0 Å². The number of rotatable bonds is 2. The van der Waals surface area contributed by atoms with Crippen LogP contribution in [0.25, 0.3) is 0 Å². The number of benzene rings is 1. The Labute approximate surface area is 114 Å². The highest BCUT2D eigenvalue weighted by atomic mass is 32.2. The van der Waals surface area contributed by atoms with Gasteiger partial charge in [0.25, 0.3) is 0 Å². The van der Waals surface area contributed by atoms with E-state index in [1.165, 1.54) is 0 Å². The highest BCUT2D eigenvalue weighted by Crippen LogP contribution is 2.31. The van der Waals surface area contributed by atoms with Crippen LogP contribution in [0.3, 0.4) is 0 Å². The zero-order valence-electron chi connectivity index (χ0n) is 10.9. The maximum absolute atomic E-state index is 12.5. The molecule has 1 saturated carbocycles. The van der Waals surface area contributed by atoms with E-state index in [0.29, 0.717) is 13.1 Å². The van der Waals surface area contributed by atoms with Crippen LogP contribution in [0.15, 0.2) is 18.2 Å². The van der Waals surface area contributed by atoms with E-state index in [1.54, 1.807) is 16.4 Å². The Morgan fingerprint density at radius 1 is 1.16 bits per heavy atom. The second-order valence-corrected chi connectivity index (χ2v) is 7.70. The summed E-state index contributed by atoms with van der Waals surface area (Å²) >= 11 is 0. The molecule has 4 nitrogen and oxygen atoms in total. The molecular formula is C14H19NO3S. The first-order valence-corrected chi connectivity index (χ1v) is 8.37. The predicted octanol–water partition coefficient (Wildman–Crippen LogP) is 2.02. The fraction of sp³-hybridized carbons (Fsp3) is 0.571. The van der Waals surface area contributed by atoms with Crippen molar-refractivity contribution in [2.45, 2.75) is 43.9 Å². The molecule has 1 aromatic rings. The molecule has 1 aromatic carbocycles. The summed E-state index contributed by atoms with van der Waals surface area (Å²) in [5.41, 5.74) is 2.09. The van der Waals surface area contributed by atoms with Crippen molar-refractivity contribution in [1.82, 2.24) is 4.31 Å². The molecule has 1 N–H and O–H groups in total. The summed E-state index contributed by atoms with van der Waals surface area (Å²) in [6.07, 6.45) is 4.38. The molecule has 0 unspecified atom stereocenters. The van der Waals surface area contributed by atoms with Gasteiger partial charge in [0.05, 0.1) is 5.25 Å². The minimum absolute atomic E-state index is 0.189. The van der Waals surface area contributed by atoms with Gasteiger partial charge >= 0.3 is 0 Å². The zero-order chi connectivity index (χ0) is 13.5. The Morgan fingerprint density at radius 3 is 2.63 bits per heavy atom. The lowest BCUT2D eigenvalue weighted by molar-refractivity contribution is 0.382. The lowest BCUT2D eigenvalue weighted by atomic mass is 10.0. The smallest absolute Gasteiger partial charge is 0.217 e. The topological polar surface area (TPSA) is 57.6 Å². The lowest BCUT2D eigenvalue weighted by Crippen LogP contribution is -2.40. The monoisotopic (exact) mass is 281 g/mol. The van der Waals surface area contributed by atoms with Crippen LogP contribution in [-0.4, -0.2) is 29.6 Å². The Morgan fingerprint density at radius 2 is 1.89 bits per heavy atom. The summed E-state index contributed by atoms with van der Waals surface area (Å²) in [5, 5.41) is 9.33. The molecule has 0 amide bonds. The Hall–Kier alpha value is -1.07. The molecule has 0 radical (unpaired) electrons. The SMILES string of the molecule is O=S(=O)(C1CCCC1)N1CCc2ccc(O)cc2C1. The van der Waals surface area contributed by atoms with Crippen LogP contribution >= 0.6 is 0 Å². The molecule has 0 saturated heterocycles. The van der Waals surface area contributed by atoms with Gasteiger partial charge in [-0.3, -0.25) is 0 Å². The highest BCUT2D eigenvalue weighted by molar-refractivity contribution is 7.89. The van der Waals surface area contributed by atoms with Crippen LogP contribution < -0.4 is 0 Å².